The van der Waals surface area contributed by atoms with Gasteiger partial charge in [-0.2, -0.15) is 0 Å². The van der Waals surface area contributed by atoms with E-state index >= 15 is 0 Å². The molecule has 6 heteroatoms. The molecule has 2 amide bonds. The number of aryl methyl sites for hydroxylation is 1. The fraction of sp³-hybridized carbons (Fsp3) is 0.111. The van der Waals surface area contributed by atoms with E-state index in [1.54, 1.807) is 12.1 Å². The minimum atomic E-state index is -0.476. The topological polar surface area (TPSA) is 93.2 Å². The molecule has 0 fully saturated rings. The molecule has 0 aromatic heterocycles. The highest BCUT2D eigenvalue weighted by molar-refractivity contribution is 7.80. The quantitative estimate of drug-likeness (QED) is 0.422. The van der Waals surface area contributed by atoms with E-state index in [1.807, 2.05) is 13.0 Å². The lowest BCUT2D eigenvalue weighted by molar-refractivity contribution is 0.256. The van der Waals surface area contributed by atoms with Gasteiger partial charge in [-0.25, -0.2) is 4.79 Å². The van der Waals surface area contributed by atoms with Crippen LogP contribution in [0, 0.1) is 6.92 Å². The fourth-order valence-corrected chi connectivity index (χ4v) is 1.13. The summed E-state index contributed by atoms with van der Waals surface area (Å²) in [6.07, 6.45) is 0. The molecule has 1 aromatic rings. The van der Waals surface area contributed by atoms with Crippen molar-refractivity contribution in [3.8, 4) is 0 Å². The van der Waals surface area contributed by atoms with E-state index in [0.29, 0.717) is 11.4 Å². The number of nitrogen functional groups attached to an aromatic ring is 1. The number of anilines is 2. The lowest BCUT2D eigenvalue weighted by atomic mass is 10.2. The van der Waals surface area contributed by atoms with Crippen molar-refractivity contribution >= 4 is 34.7 Å². The second-order valence-electron chi connectivity index (χ2n) is 3.02. The van der Waals surface area contributed by atoms with Crippen molar-refractivity contribution in [2.75, 3.05) is 11.1 Å². The highest BCUT2D eigenvalue weighted by atomic mass is 32.1. The first-order chi connectivity index (χ1) is 6.99. The molecule has 0 heterocycles. The molecule has 0 atom stereocenters. The van der Waals surface area contributed by atoms with Crippen LogP contribution in [0.1, 0.15) is 5.56 Å². The number of nitrogens with two attached hydrogens (primary N) is 2. The van der Waals surface area contributed by atoms with Crippen molar-refractivity contribution in [2.24, 2.45) is 5.73 Å². The van der Waals surface area contributed by atoms with Crippen LogP contribution in [-0.2, 0) is 0 Å². The van der Waals surface area contributed by atoms with Gasteiger partial charge >= 0.3 is 6.03 Å². The molecule has 0 aliphatic rings. The van der Waals surface area contributed by atoms with Gasteiger partial charge in [-0.3, -0.25) is 5.32 Å². The summed E-state index contributed by atoms with van der Waals surface area (Å²) in [6.45, 7) is 1.86. The Hall–Kier alpha value is -1.82. The zero-order valence-corrected chi connectivity index (χ0v) is 9.02. The summed E-state index contributed by atoms with van der Waals surface area (Å²) in [5.74, 6) is 0. The third-order valence-electron chi connectivity index (χ3n) is 1.75. The van der Waals surface area contributed by atoms with E-state index in [0.717, 1.165) is 5.56 Å². The summed E-state index contributed by atoms with van der Waals surface area (Å²) in [5.41, 5.74) is 12.8. The van der Waals surface area contributed by atoms with Gasteiger partial charge in [0.1, 0.15) is 0 Å². The van der Waals surface area contributed by atoms with Crippen molar-refractivity contribution < 1.29 is 4.79 Å². The number of thiocarbonyl (C=S) groups is 1. The van der Waals surface area contributed by atoms with E-state index < -0.39 is 6.03 Å². The van der Waals surface area contributed by atoms with E-state index in [2.05, 4.69) is 22.9 Å². The number of carbonyl (C=O) groups is 1. The molecule has 15 heavy (non-hydrogen) atoms. The SMILES string of the molecule is Cc1ccc(N)cc1NC(=O)NC(N)=S. The van der Waals surface area contributed by atoms with Crippen LogP contribution in [0.5, 0.6) is 0 Å². The van der Waals surface area contributed by atoms with Gasteiger partial charge in [0.25, 0.3) is 0 Å². The van der Waals surface area contributed by atoms with Crippen LogP contribution in [0.2, 0.25) is 0 Å². The van der Waals surface area contributed by atoms with Gasteiger partial charge in [-0.05, 0) is 36.8 Å². The molecule has 0 unspecified atom stereocenters. The molecule has 0 aliphatic carbocycles. The van der Waals surface area contributed by atoms with Crippen LogP contribution >= 0.6 is 12.2 Å². The number of amides is 2. The summed E-state index contributed by atoms with van der Waals surface area (Å²) >= 11 is 4.53. The molecule has 0 aliphatic heterocycles. The Morgan fingerprint density at radius 2 is 2.13 bits per heavy atom. The molecule has 6 N–H and O–H groups in total. The van der Waals surface area contributed by atoms with Gasteiger partial charge in [0, 0.05) is 11.4 Å². The van der Waals surface area contributed by atoms with Crippen LogP contribution < -0.4 is 22.1 Å². The van der Waals surface area contributed by atoms with Crippen molar-refractivity contribution in [2.45, 2.75) is 6.92 Å². The monoisotopic (exact) mass is 224 g/mol. The highest BCUT2D eigenvalue weighted by Gasteiger charge is 2.04. The lowest BCUT2D eigenvalue weighted by Crippen LogP contribution is -2.38. The number of hydrogen-bond donors (Lipinski definition) is 4. The second-order valence-corrected chi connectivity index (χ2v) is 3.46. The number of nitrogens with one attached hydrogen (secondary N) is 2. The van der Waals surface area contributed by atoms with Crippen molar-refractivity contribution in [1.82, 2.24) is 5.32 Å². The summed E-state index contributed by atoms with van der Waals surface area (Å²) in [4.78, 5) is 11.3. The summed E-state index contributed by atoms with van der Waals surface area (Å²) in [7, 11) is 0. The third kappa shape index (κ3) is 3.43. The largest absolute Gasteiger partial charge is 0.399 e. The first-order valence-corrected chi connectivity index (χ1v) is 4.63. The molecule has 0 radical (unpaired) electrons. The Morgan fingerprint density at radius 1 is 1.47 bits per heavy atom. The van der Waals surface area contributed by atoms with E-state index in [1.165, 1.54) is 0 Å². The number of benzene rings is 1. The number of carbonyl (C=O) groups excluding carboxylic acids is 1. The van der Waals surface area contributed by atoms with Gasteiger partial charge in [0.05, 0.1) is 0 Å². The Morgan fingerprint density at radius 3 is 2.73 bits per heavy atom. The standard InChI is InChI=1S/C9H12N4OS/c1-5-2-3-6(10)4-7(5)12-9(14)13-8(11)15/h2-4H,10H2,1H3,(H4,11,12,13,14,15). The van der Waals surface area contributed by atoms with Gasteiger partial charge in [0.15, 0.2) is 5.11 Å². The van der Waals surface area contributed by atoms with Gasteiger partial charge in [-0.15, -0.1) is 0 Å². The minimum absolute atomic E-state index is 0.0749. The fourth-order valence-electron chi connectivity index (χ4n) is 1.04. The average Bonchev–Trinajstić information content (AvgIpc) is 2.10. The Kier molecular flexibility index (Phi) is 3.46. The molecular formula is C9H12N4OS. The van der Waals surface area contributed by atoms with Gasteiger partial charge in [0.2, 0.25) is 0 Å². The molecule has 0 spiro atoms. The molecule has 0 saturated heterocycles. The smallest absolute Gasteiger partial charge is 0.325 e. The molecule has 0 bridgehead atoms. The van der Waals surface area contributed by atoms with Crippen LogP contribution in [0.3, 0.4) is 0 Å². The summed E-state index contributed by atoms with van der Waals surface area (Å²) in [6, 6.07) is 4.75. The Labute approximate surface area is 92.8 Å². The maximum atomic E-state index is 11.3. The number of hydrogen-bond acceptors (Lipinski definition) is 3. The molecular weight excluding hydrogens is 212 g/mol. The van der Waals surface area contributed by atoms with E-state index in [9.17, 15) is 4.79 Å². The zero-order chi connectivity index (χ0) is 11.4. The molecule has 0 saturated carbocycles. The molecule has 80 valence electrons. The van der Waals surface area contributed by atoms with E-state index in [4.69, 9.17) is 11.5 Å². The normalized spacial score (nSPS) is 9.40. The van der Waals surface area contributed by atoms with Gasteiger partial charge in [-0.1, -0.05) is 6.07 Å². The van der Waals surface area contributed by atoms with E-state index in [-0.39, 0.29) is 5.11 Å². The van der Waals surface area contributed by atoms with Crippen LogP contribution in [-0.4, -0.2) is 11.1 Å². The molecule has 1 aromatic carbocycles. The number of rotatable bonds is 1. The first kappa shape index (κ1) is 11.3. The molecule has 1 rings (SSSR count). The Balaban J connectivity index is 2.76. The average molecular weight is 224 g/mol. The van der Waals surface area contributed by atoms with Crippen molar-refractivity contribution in [3.63, 3.8) is 0 Å². The van der Waals surface area contributed by atoms with Crippen molar-refractivity contribution in [3.05, 3.63) is 23.8 Å². The van der Waals surface area contributed by atoms with Crippen LogP contribution in [0.4, 0.5) is 16.2 Å². The Bertz CT molecular complexity index is 405. The van der Waals surface area contributed by atoms with Crippen molar-refractivity contribution in [1.29, 1.82) is 0 Å². The van der Waals surface area contributed by atoms with Crippen LogP contribution in [0.25, 0.3) is 0 Å². The first-order valence-electron chi connectivity index (χ1n) is 4.22. The number of urea groups is 1. The van der Waals surface area contributed by atoms with Crippen LogP contribution in [0.15, 0.2) is 18.2 Å². The van der Waals surface area contributed by atoms with Gasteiger partial charge < -0.3 is 16.8 Å². The second kappa shape index (κ2) is 4.61. The maximum absolute atomic E-state index is 11.3. The zero-order valence-electron chi connectivity index (χ0n) is 8.20. The molecule has 5 nitrogen and oxygen atoms in total. The summed E-state index contributed by atoms with van der Waals surface area (Å²) < 4.78 is 0. The maximum Gasteiger partial charge on any atom is 0.325 e. The summed E-state index contributed by atoms with van der Waals surface area (Å²) in [5, 5.41) is 4.77. The predicted molar refractivity (Wildman–Crippen MR) is 64.5 cm³/mol. The predicted octanol–water partition coefficient (Wildman–Crippen LogP) is 0.942. The minimum Gasteiger partial charge on any atom is -0.399 e. The third-order valence-corrected chi connectivity index (χ3v) is 1.85. The lowest BCUT2D eigenvalue weighted by Gasteiger charge is -2.09. The highest BCUT2D eigenvalue weighted by Crippen LogP contribution is 2.17.